The summed E-state index contributed by atoms with van der Waals surface area (Å²) in [5.74, 6) is -3.88. The normalized spacial score (nSPS) is 12.4. The number of carbonyl (C=O) groups is 3. The number of alkyl halides is 9. The van der Waals surface area contributed by atoms with Crippen LogP contribution in [0.2, 0.25) is 0 Å². The summed E-state index contributed by atoms with van der Waals surface area (Å²) in [4.78, 5) is 39.3. The van der Waals surface area contributed by atoms with Gasteiger partial charge in [0.1, 0.15) is 10.7 Å². The van der Waals surface area contributed by atoms with Crippen LogP contribution in [-0.4, -0.2) is 36.1 Å². The van der Waals surface area contributed by atoms with Crippen LogP contribution < -0.4 is 15.6 Å². The number of amides is 4. The number of benzene rings is 2. The molecule has 1 heterocycles. The second-order valence-corrected chi connectivity index (χ2v) is 8.99. The van der Waals surface area contributed by atoms with Crippen molar-refractivity contribution in [3.63, 3.8) is 0 Å². The van der Waals surface area contributed by atoms with E-state index in [-0.39, 0.29) is 29.5 Å². The van der Waals surface area contributed by atoms with E-state index in [1.807, 2.05) is 0 Å². The van der Waals surface area contributed by atoms with Crippen LogP contribution >= 0.6 is 11.3 Å². The Hall–Kier alpha value is -4.55. The summed E-state index contributed by atoms with van der Waals surface area (Å²) in [7, 11) is 0.870. The van der Waals surface area contributed by atoms with Crippen molar-refractivity contribution in [1.82, 2.24) is 15.7 Å². The number of nitrogens with zero attached hydrogens (tertiary/aromatic N) is 3. The Labute approximate surface area is 231 Å². The number of hydrogen-bond acceptors (Lipinski definition) is 6. The highest BCUT2D eigenvalue weighted by Crippen LogP contribution is 2.38. The first-order chi connectivity index (χ1) is 19.3. The maximum absolute atomic E-state index is 13.8. The van der Waals surface area contributed by atoms with Gasteiger partial charge in [0.15, 0.2) is 10.8 Å². The number of urea groups is 1. The molecule has 0 aliphatic heterocycles. The summed E-state index contributed by atoms with van der Waals surface area (Å²) in [5, 5.41) is 4.09. The first kappa shape index (κ1) is 32.0. The lowest BCUT2D eigenvalue weighted by atomic mass is 10.1. The molecule has 0 atom stereocenters. The predicted octanol–water partition coefficient (Wildman–Crippen LogP) is 6.09. The van der Waals surface area contributed by atoms with Crippen LogP contribution in [0, 0.1) is 5.82 Å². The number of thiazole rings is 1. The van der Waals surface area contributed by atoms with Gasteiger partial charge in [-0.05, 0) is 35.9 Å². The monoisotopic (exact) mass is 629 g/mol. The SMILES string of the molecule is CN(C(=O)NC(=O)c1ccccc1F)c1nc(C(F)(F)F)c(C(=O)N/N=C/c2cc(C(F)(F)F)cc(C(F)(F)F)c2)s1. The molecule has 0 bridgehead atoms. The molecule has 2 aromatic carbocycles. The number of anilines is 1. The molecule has 0 unspecified atom stereocenters. The molecule has 42 heavy (non-hydrogen) atoms. The molecule has 2 N–H and O–H groups in total. The Balaban J connectivity index is 1.84. The minimum absolute atomic E-state index is 0.0200. The lowest BCUT2D eigenvalue weighted by Gasteiger charge is -2.14. The van der Waals surface area contributed by atoms with E-state index in [1.54, 1.807) is 10.7 Å². The summed E-state index contributed by atoms with van der Waals surface area (Å²) in [6, 6.07) is 3.45. The maximum Gasteiger partial charge on any atom is 0.435 e. The van der Waals surface area contributed by atoms with E-state index in [2.05, 4.69) is 10.1 Å². The van der Waals surface area contributed by atoms with Gasteiger partial charge >= 0.3 is 24.6 Å². The minimum atomic E-state index is -5.28. The predicted molar refractivity (Wildman–Crippen MR) is 126 cm³/mol. The highest BCUT2D eigenvalue weighted by molar-refractivity contribution is 7.17. The second kappa shape index (κ2) is 11.7. The van der Waals surface area contributed by atoms with Crippen LogP contribution in [0.3, 0.4) is 0 Å². The van der Waals surface area contributed by atoms with Gasteiger partial charge in [0.2, 0.25) is 0 Å². The van der Waals surface area contributed by atoms with E-state index in [9.17, 15) is 58.3 Å². The van der Waals surface area contributed by atoms with Gasteiger partial charge in [-0.2, -0.15) is 44.6 Å². The van der Waals surface area contributed by atoms with Crippen LogP contribution in [0.1, 0.15) is 42.4 Å². The fourth-order valence-electron chi connectivity index (χ4n) is 3.05. The van der Waals surface area contributed by atoms with Gasteiger partial charge < -0.3 is 0 Å². The highest BCUT2D eigenvalue weighted by Gasteiger charge is 2.41. The number of carbonyl (C=O) groups excluding carboxylic acids is 3. The Morgan fingerprint density at radius 3 is 1.98 bits per heavy atom. The third-order valence-electron chi connectivity index (χ3n) is 5.01. The van der Waals surface area contributed by atoms with Crippen LogP contribution in [0.25, 0.3) is 0 Å². The highest BCUT2D eigenvalue weighted by atomic mass is 32.1. The largest absolute Gasteiger partial charge is 0.435 e. The van der Waals surface area contributed by atoms with Crippen molar-refractivity contribution in [3.05, 3.63) is 81.1 Å². The number of aromatic nitrogens is 1. The minimum Gasteiger partial charge on any atom is -0.273 e. The number of nitrogens with one attached hydrogen (secondary N) is 2. The van der Waals surface area contributed by atoms with Crippen LogP contribution in [-0.2, 0) is 18.5 Å². The first-order valence-corrected chi connectivity index (χ1v) is 11.6. The zero-order chi connectivity index (χ0) is 31.6. The molecule has 19 heteroatoms. The lowest BCUT2D eigenvalue weighted by Crippen LogP contribution is -2.41. The molecule has 0 radical (unpaired) electrons. The molecular weight excluding hydrogens is 616 g/mol. The molecule has 3 rings (SSSR count). The molecule has 0 saturated carbocycles. The zero-order valence-electron chi connectivity index (χ0n) is 20.4. The summed E-state index contributed by atoms with van der Waals surface area (Å²) in [6.07, 6.45) is -15.3. The van der Waals surface area contributed by atoms with Gasteiger partial charge in [0, 0.05) is 7.05 Å². The average Bonchev–Trinajstić information content (AvgIpc) is 3.33. The standard InChI is InChI=1S/C23H13F10N5O3S/c1-38(19(41)36-17(39)13-4-2-3-5-14(13)24)20-35-16(23(31,32)33)15(42-20)18(40)37-34-9-10-6-11(21(25,26)27)8-12(7-10)22(28,29)30/h2-9H,1H3,(H,37,40)(H,36,39,41)/b34-9+. The van der Waals surface area contributed by atoms with Gasteiger partial charge in [0.05, 0.1) is 22.9 Å². The summed E-state index contributed by atoms with van der Waals surface area (Å²) < 4.78 is 132. The van der Waals surface area contributed by atoms with E-state index in [1.165, 1.54) is 12.1 Å². The molecule has 224 valence electrons. The van der Waals surface area contributed by atoms with Crippen molar-refractivity contribution in [2.24, 2.45) is 5.10 Å². The zero-order valence-corrected chi connectivity index (χ0v) is 21.2. The third kappa shape index (κ3) is 7.59. The Bertz CT molecular complexity index is 1510. The van der Waals surface area contributed by atoms with E-state index >= 15 is 0 Å². The van der Waals surface area contributed by atoms with E-state index in [0.29, 0.717) is 11.1 Å². The number of halogens is 10. The van der Waals surface area contributed by atoms with Crippen LogP contribution in [0.5, 0.6) is 0 Å². The molecule has 8 nitrogen and oxygen atoms in total. The molecule has 0 fully saturated rings. The third-order valence-corrected chi connectivity index (χ3v) is 6.14. The molecule has 0 spiro atoms. The van der Waals surface area contributed by atoms with Crippen molar-refractivity contribution in [2.45, 2.75) is 18.5 Å². The van der Waals surface area contributed by atoms with Gasteiger partial charge in [-0.1, -0.05) is 23.5 Å². The molecule has 3 aromatic rings. The van der Waals surface area contributed by atoms with Crippen molar-refractivity contribution in [2.75, 3.05) is 11.9 Å². The topological polar surface area (TPSA) is 104 Å². The van der Waals surface area contributed by atoms with Gasteiger partial charge in [-0.3, -0.25) is 19.8 Å². The smallest absolute Gasteiger partial charge is 0.273 e. The maximum atomic E-state index is 13.8. The summed E-state index contributed by atoms with van der Waals surface area (Å²) in [6.45, 7) is 0. The molecular formula is C23H13F10N5O3S. The number of imide groups is 1. The Morgan fingerprint density at radius 1 is 0.881 bits per heavy atom. The molecule has 1 aromatic heterocycles. The van der Waals surface area contributed by atoms with Crippen LogP contribution in [0.4, 0.5) is 53.8 Å². The molecule has 4 amide bonds. The fraction of sp³-hybridized carbons (Fsp3) is 0.174. The van der Waals surface area contributed by atoms with E-state index < -0.39 is 80.1 Å². The molecule has 0 aliphatic carbocycles. The average molecular weight is 629 g/mol. The van der Waals surface area contributed by atoms with E-state index in [0.717, 1.165) is 19.2 Å². The first-order valence-electron chi connectivity index (χ1n) is 10.8. The lowest BCUT2D eigenvalue weighted by molar-refractivity contribution is -0.143. The second-order valence-electron chi connectivity index (χ2n) is 8.01. The quantitative estimate of drug-likeness (QED) is 0.203. The van der Waals surface area contributed by atoms with Crippen LogP contribution in [0.15, 0.2) is 47.6 Å². The number of rotatable bonds is 5. The van der Waals surface area contributed by atoms with E-state index in [4.69, 9.17) is 0 Å². The molecule has 0 aliphatic rings. The van der Waals surface area contributed by atoms with Gasteiger partial charge in [-0.25, -0.2) is 19.6 Å². The fourth-order valence-corrected chi connectivity index (χ4v) is 3.98. The summed E-state index contributed by atoms with van der Waals surface area (Å²) >= 11 is -0.0200. The van der Waals surface area contributed by atoms with Gasteiger partial charge in [-0.15, -0.1) is 0 Å². The Morgan fingerprint density at radius 2 is 1.45 bits per heavy atom. The van der Waals surface area contributed by atoms with Gasteiger partial charge in [0.25, 0.3) is 11.8 Å². The number of hydrazone groups is 1. The van der Waals surface area contributed by atoms with Crippen molar-refractivity contribution < 1.29 is 58.3 Å². The number of hydrogen-bond donors (Lipinski definition) is 2. The van der Waals surface area contributed by atoms with Crippen molar-refractivity contribution in [3.8, 4) is 0 Å². The molecule has 0 saturated heterocycles. The van der Waals surface area contributed by atoms with Crippen molar-refractivity contribution in [1.29, 1.82) is 0 Å². The van der Waals surface area contributed by atoms with Crippen molar-refractivity contribution >= 4 is 40.5 Å². The summed E-state index contributed by atoms with van der Waals surface area (Å²) in [5.41, 5.74) is -5.05. The Kier molecular flexibility index (Phi) is 8.94.